The molecule has 1 unspecified atom stereocenters. The lowest BCUT2D eigenvalue weighted by molar-refractivity contribution is -0.120. The van der Waals surface area contributed by atoms with E-state index in [2.05, 4.69) is 20.4 Å². The van der Waals surface area contributed by atoms with Crippen molar-refractivity contribution in [1.82, 2.24) is 10.2 Å². The summed E-state index contributed by atoms with van der Waals surface area (Å²) in [6, 6.07) is 6.69. The molecule has 3 heterocycles. The first-order chi connectivity index (χ1) is 15.0. The van der Waals surface area contributed by atoms with Crippen molar-refractivity contribution in [3.05, 3.63) is 29.8 Å². The number of anilines is 3. The molecule has 2 aliphatic heterocycles. The molecule has 2 aromatic rings. The number of esters is 1. The quantitative estimate of drug-likeness (QED) is 0.685. The fraction of sp³-hybridized carbons (Fsp3) is 0.476. The number of benzene rings is 1. The van der Waals surface area contributed by atoms with Crippen LogP contribution < -0.4 is 15.1 Å². The first-order valence-electron chi connectivity index (χ1n) is 10.5. The van der Waals surface area contributed by atoms with Crippen LogP contribution in [0, 0.1) is 5.92 Å². The lowest BCUT2D eigenvalue weighted by Crippen LogP contribution is -2.40. The summed E-state index contributed by atoms with van der Waals surface area (Å²) in [6.07, 6.45) is 3.07. The highest BCUT2D eigenvalue weighted by Gasteiger charge is 2.30. The van der Waals surface area contributed by atoms with Gasteiger partial charge in [0.15, 0.2) is 0 Å². The molecular formula is C21H25N5O4S. The molecule has 10 heteroatoms. The zero-order valence-corrected chi connectivity index (χ0v) is 18.2. The van der Waals surface area contributed by atoms with Gasteiger partial charge in [0.25, 0.3) is 0 Å². The molecule has 164 valence electrons. The third-order valence-electron chi connectivity index (χ3n) is 5.43. The van der Waals surface area contributed by atoms with Gasteiger partial charge in [-0.1, -0.05) is 11.3 Å². The van der Waals surface area contributed by atoms with Crippen LogP contribution in [0.1, 0.15) is 43.0 Å². The van der Waals surface area contributed by atoms with E-state index in [9.17, 15) is 14.4 Å². The average molecular weight is 444 g/mol. The molecule has 2 saturated heterocycles. The number of amides is 2. The Balaban J connectivity index is 1.36. The highest BCUT2D eigenvalue weighted by atomic mass is 32.1. The van der Waals surface area contributed by atoms with Crippen molar-refractivity contribution in [2.45, 2.75) is 32.6 Å². The molecule has 0 radical (unpaired) electrons. The highest BCUT2D eigenvalue weighted by Crippen LogP contribution is 2.32. The van der Waals surface area contributed by atoms with Crippen molar-refractivity contribution >= 4 is 45.1 Å². The Morgan fingerprint density at radius 1 is 1.16 bits per heavy atom. The Kier molecular flexibility index (Phi) is 6.45. The Morgan fingerprint density at radius 3 is 2.65 bits per heavy atom. The van der Waals surface area contributed by atoms with Gasteiger partial charge in [0, 0.05) is 31.7 Å². The summed E-state index contributed by atoms with van der Waals surface area (Å²) in [5.41, 5.74) is 1.09. The van der Waals surface area contributed by atoms with E-state index in [0.29, 0.717) is 42.5 Å². The van der Waals surface area contributed by atoms with E-state index < -0.39 is 0 Å². The fourth-order valence-corrected chi connectivity index (χ4v) is 4.73. The van der Waals surface area contributed by atoms with Gasteiger partial charge in [-0.3, -0.25) is 14.5 Å². The Morgan fingerprint density at radius 2 is 1.94 bits per heavy atom. The van der Waals surface area contributed by atoms with Gasteiger partial charge < -0.3 is 15.0 Å². The Labute approximate surface area is 184 Å². The molecule has 2 fully saturated rings. The molecule has 0 saturated carbocycles. The fourth-order valence-electron chi connectivity index (χ4n) is 3.81. The summed E-state index contributed by atoms with van der Waals surface area (Å²) in [4.78, 5) is 40.3. The second kappa shape index (κ2) is 9.42. The van der Waals surface area contributed by atoms with Crippen LogP contribution in [0.3, 0.4) is 0 Å². The van der Waals surface area contributed by atoms with Crippen molar-refractivity contribution in [2.75, 3.05) is 41.4 Å². The first-order valence-corrected chi connectivity index (χ1v) is 11.3. The van der Waals surface area contributed by atoms with Crippen molar-refractivity contribution in [2.24, 2.45) is 5.92 Å². The third-order valence-corrected chi connectivity index (χ3v) is 6.44. The van der Waals surface area contributed by atoms with Gasteiger partial charge in [-0.2, -0.15) is 0 Å². The predicted octanol–water partition coefficient (Wildman–Crippen LogP) is 2.70. The number of hydrogen-bond donors (Lipinski definition) is 1. The first kappa shape index (κ1) is 21.2. The second-order valence-corrected chi connectivity index (χ2v) is 8.52. The van der Waals surface area contributed by atoms with Crippen LogP contribution in [-0.4, -0.2) is 54.2 Å². The summed E-state index contributed by atoms with van der Waals surface area (Å²) in [5, 5.41) is 12.8. The van der Waals surface area contributed by atoms with E-state index in [1.54, 1.807) is 36.1 Å². The van der Waals surface area contributed by atoms with Crippen LogP contribution in [-0.2, 0) is 14.3 Å². The van der Waals surface area contributed by atoms with Gasteiger partial charge in [0.05, 0.1) is 18.1 Å². The minimum Gasteiger partial charge on any atom is -0.462 e. The van der Waals surface area contributed by atoms with E-state index in [-0.39, 0.29) is 23.7 Å². The van der Waals surface area contributed by atoms with Crippen molar-refractivity contribution in [1.29, 1.82) is 0 Å². The average Bonchev–Trinajstić information content (AvgIpc) is 3.43. The summed E-state index contributed by atoms with van der Waals surface area (Å²) in [5.74, 6) is -0.532. The molecule has 31 heavy (non-hydrogen) atoms. The lowest BCUT2D eigenvalue weighted by atomic mass is 9.97. The number of rotatable bonds is 6. The van der Waals surface area contributed by atoms with Crippen LogP contribution in [0.4, 0.5) is 16.0 Å². The van der Waals surface area contributed by atoms with Crippen LogP contribution in [0.5, 0.6) is 0 Å². The van der Waals surface area contributed by atoms with Crippen molar-refractivity contribution in [3.63, 3.8) is 0 Å². The van der Waals surface area contributed by atoms with Crippen molar-refractivity contribution < 1.29 is 19.1 Å². The van der Waals surface area contributed by atoms with Gasteiger partial charge >= 0.3 is 5.97 Å². The maximum absolute atomic E-state index is 12.8. The molecule has 0 bridgehead atoms. The van der Waals surface area contributed by atoms with Gasteiger partial charge in [-0.15, -0.1) is 10.2 Å². The molecule has 1 aromatic carbocycles. The highest BCUT2D eigenvalue weighted by molar-refractivity contribution is 7.19. The minimum atomic E-state index is -0.379. The Bertz CT molecular complexity index is 961. The van der Waals surface area contributed by atoms with E-state index in [0.717, 1.165) is 30.9 Å². The van der Waals surface area contributed by atoms with Gasteiger partial charge in [0.2, 0.25) is 22.1 Å². The monoisotopic (exact) mass is 443 g/mol. The van der Waals surface area contributed by atoms with E-state index in [1.165, 1.54) is 11.3 Å². The molecule has 2 aliphatic rings. The molecule has 0 spiro atoms. The van der Waals surface area contributed by atoms with Crippen LogP contribution in [0.2, 0.25) is 0 Å². The zero-order valence-electron chi connectivity index (χ0n) is 17.4. The SMILES string of the molecule is CCOC(=O)c1ccc(NC(=O)C2CCCN(c3nnc(N4CCCC4=O)s3)C2)cc1. The Hall–Kier alpha value is -3.01. The maximum Gasteiger partial charge on any atom is 0.338 e. The molecule has 1 N–H and O–H groups in total. The van der Waals surface area contributed by atoms with Crippen molar-refractivity contribution in [3.8, 4) is 0 Å². The molecule has 1 aromatic heterocycles. The summed E-state index contributed by atoms with van der Waals surface area (Å²) >= 11 is 1.40. The topological polar surface area (TPSA) is 105 Å². The van der Waals surface area contributed by atoms with E-state index >= 15 is 0 Å². The smallest absolute Gasteiger partial charge is 0.338 e. The largest absolute Gasteiger partial charge is 0.462 e. The normalized spacial score (nSPS) is 18.9. The number of carbonyl (C=O) groups excluding carboxylic acids is 3. The molecule has 9 nitrogen and oxygen atoms in total. The number of piperidine rings is 1. The number of ether oxygens (including phenoxy) is 1. The molecule has 1 atom stereocenters. The number of carbonyl (C=O) groups is 3. The number of nitrogens with one attached hydrogen (secondary N) is 1. The van der Waals surface area contributed by atoms with Gasteiger partial charge in [0.1, 0.15) is 0 Å². The van der Waals surface area contributed by atoms with Crippen LogP contribution >= 0.6 is 11.3 Å². The van der Waals surface area contributed by atoms with E-state index in [4.69, 9.17) is 4.74 Å². The molecule has 4 rings (SSSR count). The predicted molar refractivity (Wildman–Crippen MR) is 117 cm³/mol. The number of nitrogens with zero attached hydrogens (tertiary/aromatic N) is 4. The molecule has 0 aliphatic carbocycles. The van der Waals surface area contributed by atoms with Gasteiger partial charge in [-0.25, -0.2) is 4.79 Å². The zero-order chi connectivity index (χ0) is 21.8. The number of aromatic nitrogens is 2. The second-order valence-electron chi connectivity index (χ2n) is 7.59. The molecular weight excluding hydrogens is 418 g/mol. The number of hydrogen-bond acceptors (Lipinski definition) is 8. The minimum absolute atomic E-state index is 0.0620. The van der Waals surface area contributed by atoms with E-state index in [1.807, 2.05) is 0 Å². The summed E-state index contributed by atoms with van der Waals surface area (Å²) < 4.78 is 4.97. The lowest BCUT2D eigenvalue weighted by Gasteiger charge is -2.31. The molecule has 2 amide bonds. The maximum atomic E-state index is 12.8. The summed E-state index contributed by atoms with van der Waals surface area (Å²) in [7, 11) is 0. The standard InChI is InChI=1S/C21H25N5O4S/c1-2-30-19(29)14-7-9-16(10-8-14)22-18(28)15-5-3-11-25(13-15)20-23-24-21(31-20)26-12-4-6-17(26)27/h7-10,15H,2-6,11-13H2,1H3,(H,22,28). The van der Waals surface area contributed by atoms with Crippen LogP contribution in [0.15, 0.2) is 24.3 Å². The summed E-state index contributed by atoms with van der Waals surface area (Å²) in [6.45, 7) is 4.12. The van der Waals surface area contributed by atoms with Gasteiger partial charge in [-0.05, 0) is 50.5 Å². The third kappa shape index (κ3) is 4.84. The van der Waals surface area contributed by atoms with Crippen LogP contribution in [0.25, 0.3) is 0 Å².